The van der Waals surface area contributed by atoms with Crippen molar-refractivity contribution in [1.82, 2.24) is 25.4 Å². The van der Waals surface area contributed by atoms with Gasteiger partial charge in [0, 0.05) is 38.5 Å². The lowest BCUT2D eigenvalue weighted by molar-refractivity contribution is -0.128. The molecule has 140 valence electrons. The SMILES string of the molecule is Cc1nc(SCCNC(=O)Nc2cccc(CCC(=O)N(C)C)c2)n[nH]1. The van der Waals surface area contributed by atoms with Crippen LogP contribution in [0.15, 0.2) is 29.4 Å². The van der Waals surface area contributed by atoms with Crippen LogP contribution in [0.25, 0.3) is 0 Å². The highest BCUT2D eigenvalue weighted by molar-refractivity contribution is 7.99. The number of nitrogens with one attached hydrogen (secondary N) is 3. The second kappa shape index (κ2) is 9.81. The van der Waals surface area contributed by atoms with E-state index in [-0.39, 0.29) is 11.9 Å². The van der Waals surface area contributed by atoms with Crippen molar-refractivity contribution in [2.24, 2.45) is 0 Å². The van der Waals surface area contributed by atoms with E-state index in [2.05, 4.69) is 25.8 Å². The van der Waals surface area contributed by atoms with Gasteiger partial charge in [-0.1, -0.05) is 23.9 Å². The zero-order chi connectivity index (χ0) is 18.9. The molecule has 1 aromatic carbocycles. The molecule has 0 bridgehead atoms. The summed E-state index contributed by atoms with van der Waals surface area (Å²) >= 11 is 1.47. The minimum Gasteiger partial charge on any atom is -0.349 e. The topological polar surface area (TPSA) is 103 Å². The van der Waals surface area contributed by atoms with Crippen molar-refractivity contribution in [1.29, 1.82) is 0 Å². The van der Waals surface area contributed by atoms with Gasteiger partial charge >= 0.3 is 6.03 Å². The molecule has 0 unspecified atom stereocenters. The molecule has 1 heterocycles. The standard InChI is InChI=1S/C17H24N6O2S/c1-12-19-17(22-21-12)26-10-9-18-16(25)20-14-6-4-5-13(11-14)7-8-15(24)23(2)3/h4-6,11H,7-10H2,1-3H3,(H2,18,20,25)(H,19,21,22). The number of hydrogen-bond donors (Lipinski definition) is 3. The number of aromatic amines is 1. The van der Waals surface area contributed by atoms with Crippen LogP contribution in [0.1, 0.15) is 17.8 Å². The number of nitrogens with zero attached hydrogens (tertiary/aromatic N) is 3. The quantitative estimate of drug-likeness (QED) is 0.483. The molecule has 8 nitrogen and oxygen atoms in total. The summed E-state index contributed by atoms with van der Waals surface area (Å²) < 4.78 is 0. The molecule has 0 aliphatic rings. The van der Waals surface area contributed by atoms with Crippen LogP contribution < -0.4 is 10.6 Å². The number of rotatable bonds is 8. The highest BCUT2D eigenvalue weighted by Gasteiger charge is 2.06. The zero-order valence-corrected chi connectivity index (χ0v) is 16.0. The van der Waals surface area contributed by atoms with Crippen molar-refractivity contribution < 1.29 is 9.59 Å². The number of carbonyl (C=O) groups excluding carboxylic acids is 2. The van der Waals surface area contributed by atoms with Crippen LogP contribution in [0.3, 0.4) is 0 Å². The van der Waals surface area contributed by atoms with E-state index in [1.165, 1.54) is 11.8 Å². The number of benzene rings is 1. The van der Waals surface area contributed by atoms with Gasteiger partial charge in [-0.05, 0) is 31.0 Å². The number of anilines is 1. The number of aromatic nitrogens is 3. The number of carbonyl (C=O) groups is 2. The smallest absolute Gasteiger partial charge is 0.319 e. The van der Waals surface area contributed by atoms with E-state index in [9.17, 15) is 9.59 Å². The molecule has 0 fully saturated rings. The molecule has 2 rings (SSSR count). The summed E-state index contributed by atoms with van der Waals surface area (Å²) in [5.41, 5.74) is 1.71. The Bertz CT molecular complexity index is 746. The lowest BCUT2D eigenvalue weighted by Gasteiger charge is -2.11. The fourth-order valence-corrected chi connectivity index (χ4v) is 2.85. The molecule has 0 aliphatic heterocycles. The van der Waals surface area contributed by atoms with Gasteiger partial charge in [-0.3, -0.25) is 9.89 Å². The van der Waals surface area contributed by atoms with E-state index in [0.717, 1.165) is 11.4 Å². The minimum atomic E-state index is -0.265. The Morgan fingerprint density at radius 3 is 2.81 bits per heavy atom. The first kappa shape index (κ1) is 19.8. The number of thioether (sulfide) groups is 1. The summed E-state index contributed by atoms with van der Waals surface area (Å²) in [7, 11) is 3.48. The summed E-state index contributed by atoms with van der Waals surface area (Å²) in [5.74, 6) is 1.53. The molecule has 9 heteroatoms. The van der Waals surface area contributed by atoms with Crippen molar-refractivity contribution >= 4 is 29.4 Å². The van der Waals surface area contributed by atoms with Crippen LogP contribution in [0.4, 0.5) is 10.5 Å². The van der Waals surface area contributed by atoms with Gasteiger partial charge < -0.3 is 15.5 Å². The minimum absolute atomic E-state index is 0.0835. The van der Waals surface area contributed by atoms with Gasteiger partial charge in [0.25, 0.3) is 0 Å². The van der Waals surface area contributed by atoms with Crippen LogP contribution in [0, 0.1) is 6.92 Å². The van der Waals surface area contributed by atoms with Crippen LogP contribution in [0.2, 0.25) is 0 Å². The van der Waals surface area contributed by atoms with E-state index in [1.807, 2.05) is 31.2 Å². The van der Waals surface area contributed by atoms with Gasteiger partial charge in [-0.15, -0.1) is 5.10 Å². The van der Waals surface area contributed by atoms with Crippen LogP contribution in [0.5, 0.6) is 0 Å². The average Bonchev–Trinajstić information content (AvgIpc) is 3.02. The number of aryl methyl sites for hydroxylation is 2. The van der Waals surface area contributed by atoms with E-state index in [4.69, 9.17) is 0 Å². The molecule has 0 aliphatic carbocycles. The molecule has 0 saturated heterocycles. The fraction of sp³-hybridized carbons (Fsp3) is 0.412. The summed E-state index contributed by atoms with van der Waals surface area (Å²) in [4.78, 5) is 29.4. The highest BCUT2D eigenvalue weighted by atomic mass is 32.2. The van der Waals surface area contributed by atoms with Gasteiger partial charge in [0.2, 0.25) is 11.1 Å². The largest absolute Gasteiger partial charge is 0.349 e. The van der Waals surface area contributed by atoms with Crippen molar-refractivity contribution in [2.45, 2.75) is 24.9 Å². The van der Waals surface area contributed by atoms with Crippen molar-refractivity contribution in [3.05, 3.63) is 35.7 Å². The normalized spacial score (nSPS) is 10.4. The summed E-state index contributed by atoms with van der Waals surface area (Å²) in [6, 6.07) is 7.25. The molecule has 0 saturated carbocycles. The van der Waals surface area contributed by atoms with Crippen LogP contribution in [-0.4, -0.2) is 58.4 Å². The molecule has 2 aromatic rings. The average molecular weight is 376 g/mol. The number of amides is 3. The van der Waals surface area contributed by atoms with Gasteiger partial charge in [0.15, 0.2) is 0 Å². The van der Waals surface area contributed by atoms with Crippen molar-refractivity contribution in [3.63, 3.8) is 0 Å². The Morgan fingerprint density at radius 2 is 2.12 bits per heavy atom. The fourth-order valence-electron chi connectivity index (χ4n) is 2.15. The van der Waals surface area contributed by atoms with Crippen LogP contribution >= 0.6 is 11.8 Å². The predicted octanol–water partition coefficient (Wildman–Crippen LogP) is 2.05. The summed E-state index contributed by atoms with van der Waals surface area (Å²) in [6.45, 7) is 2.34. The van der Waals surface area contributed by atoms with E-state index >= 15 is 0 Å². The third-order valence-electron chi connectivity index (χ3n) is 3.51. The van der Waals surface area contributed by atoms with Crippen molar-refractivity contribution in [2.75, 3.05) is 31.7 Å². The Balaban J connectivity index is 1.72. The highest BCUT2D eigenvalue weighted by Crippen LogP contribution is 2.13. The zero-order valence-electron chi connectivity index (χ0n) is 15.2. The number of H-pyrrole nitrogens is 1. The molecule has 3 amide bonds. The summed E-state index contributed by atoms with van der Waals surface area (Å²) in [5, 5.41) is 13.1. The molecule has 0 spiro atoms. The van der Waals surface area contributed by atoms with Gasteiger partial charge in [0.1, 0.15) is 5.82 Å². The molecule has 0 atom stereocenters. The number of urea groups is 1. The maximum absolute atomic E-state index is 12.0. The number of hydrogen-bond acceptors (Lipinski definition) is 5. The molecule has 0 radical (unpaired) electrons. The Hall–Kier alpha value is -2.55. The van der Waals surface area contributed by atoms with Crippen LogP contribution in [-0.2, 0) is 11.2 Å². The third kappa shape index (κ3) is 6.75. The van der Waals surface area contributed by atoms with E-state index < -0.39 is 0 Å². The molecular weight excluding hydrogens is 352 g/mol. The first-order chi connectivity index (χ1) is 12.4. The van der Waals surface area contributed by atoms with E-state index in [1.54, 1.807) is 19.0 Å². The Morgan fingerprint density at radius 1 is 1.31 bits per heavy atom. The Labute approximate surface area is 157 Å². The first-order valence-corrected chi connectivity index (χ1v) is 9.28. The Kier molecular flexibility index (Phi) is 7.46. The van der Waals surface area contributed by atoms with E-state index in [0.29, 0.717) is 36.0 Å². The van der Waals surface area contributed by atoms with Gasteiger partial charge in [-0.2, -0.15) is 0 Å². The van der Waals surface area contributed by atoms with Gasteiger partial charge in [-0.25, -0.2) is 9.78 Å². The molecule has 3 N–H and O–H groups in total. The predicted molar refractivity (Wildman–Crippen MR) is 102 cm³/mol. The lowest BCUT2D eigenvalue weighted by Crippen LogP contribution is -2.30. The second-order valence-corrected chi connectivity index (χ2v) is 6.98. The lowest BCUT2D eigenvalue weighted by atomic mass is 10.1. The molecule has 1 aromatic heterocycles. The molecular formula is C17H24N6O2S. The van der Waals surface area contributed by atoms with Crippen molar-refractivity contribution in [3.8, 4) is 0 Å². The first-order valence-electron chi connectivity index (χ1n) is 8.30. The van der Waals surface area contributed by atoms with Gasteiger partial charge in [0.05, 0.1) is 0 Å². The third-order valence-corrected chi connectivity index (χ3v) is 4.36. The molecule has 26 heavy (non-hydrogen) atoms. The maximum Gasteiger partial charge on any atom is 0.319 e. The monoisotopic (exact) mass is 376 g/mol. The summed E-state index contributed by atoms with van der Waals surface area (Å²) in [6.07, 6.45) is 1.08. The second-order valence-electron chi connectivity index (χ2n) is 5.92. The maximum atomic E-state index is 12.0.